The van der Waals surface area contributed by atoms with Gasteiger partial charge in [0.1, 0.15) is 24.1 Å². The van der Waals surface area contributed by atoms with Crippen molar-refractivity contribution in [3.8, 4) is 11.5 Å². The molecule has 0 spiro atoms. The highest BCUT2D eigenvalue weighted by Crippen LogP contribution is 2.36. The maximum atomic E-state index is 14.3. The van der Waals surface area contributed by atoms with E-state index in [1.165, 1.54) is 37.3 Å². The number of anilines is 1. The lowest BCUT2D eigenvalue weighted by atomic mass is 10.1. The van der Waals surface area contributed by atoms with Gasteiger partial charge in [0.25, 0.3) is 10.0 Å². The van der Waals surface area contributed by atoms with Crippen LogP contribution in [0.4, 0.5) is 5.69 Å². The molecule has 0 aromatic heterocycles. The molecule has 0 bridgehead atoms. The maximum absolute atomic E-state index is 14.3. The van der Waals surface area contributed by atoms with Crippen LogP contribution in [0.25, 0.3) is 0 Å². The lowest BCUT2D eigenvalue weighted by Crippen LogP contribution is -2.53. The van der Waals surface area contributed by atoms with Gasteiger partial charge in [-0.15, -0.1) is 0 Å². The quantitative estimate of drug-likeness (QED) is 0.249. The van der Waals surface area contributed by atoms with Crippen molar-refractivity contribution in [2.24, 2.45) is 0 Å². The Balaban J connectivity index is 2.19. The topological polar surface area (TPSA) is 105 Å². The van der Waals surface area contributed by atoms with E-state index in [2.05, 4.69) is 5.32 Å². The van der Waals surface area contributed by atoms with E-state index in [1.807, 2.05) is 20.8 Å². The number of rotatable bonds is 13. The number of nitrogens with zero attached hydrogens (tertiary/aromatic N) is 2. The summed E-state index contributed by atoms with van der Waals surface area (Å²) in [6, 6.07) is 14.8. The van der Waals surface area contributed by atoms with E-state index < -0.39 is 28.5 Å². The highest BCUT2D eigenvalue weighted by molar-refractivity contribution is 7.92. The fraction of sp³-hybridized carbons (Fsp3) is 0.355. The molecule has 0 aliphatic carbocycles. The van der Waals surface area contributed by atoms with Crippen LogP contribution in [-0.4, -0.2) is 58.0 Å². The van der Waals surface area contributed by atoms with Gasteiger partial charge in [-0.2, -0.15) is 0 Å². The zero-order chi connectivity index (χ0) is 31.9. The molecule has 232 valence electrons. The van der Waals surface area contributed by atoms with Gasteiger partial charge < -0.3 is 19.7 Å². The molecule has 3 aromatic rings. The van der Waals surface area contributed by atoms with Crippen LogP contribution < -0.4 is 19.1 Å². The number of hydrogen-bond donors (Lipinski definition) is 1. The zero-order valence-corrected chi connectivity index (χ0v) is 27.4. The zero-order valence-electron chi connectivity index (χ0n) is 25.1. The van der Waals surface area contributed by atoms with Gasteiger partial charge in [-0.1, -0.05) is 53.9 Å². The Bertz CT molecular complexity index is 1530. The van der Waals surface area contributed by atoms with E-state index in [-0.39, 0.29) is 41.2 Å². The summed E-state index contributed by atoms with van der Waals surface area (Å²) >= 11 is 12.9. The molecule has 0 heterocycles. The number of nitrogens with one attached hydrogen (secondary N) is 1. The summed E-state index contributed by atoms with van der Waals surface area (Å²) < 4.78 is 40.2. The number of benzene rings is 3. The van der Waals surface area contributed by atoms with Crippen molar-refractivity contribution in [1.29, 1.82) is 0 Å². The van der Waals surface area contributed by atoms with E-state index >= 15 is 0 Å². The lowest BCUT2D eigenvalue weighted by Gasteiger charge is -2.34. The molecule has 0 aliphatic rings. The second-order valence-corrected chi connectivity index (χ2v) is 12.8. The first-order chi connectivity index (χ1) is 20.3. The highest BCUT2D eigenvalue weighted by atomic mass is 35.5. The van der Waals surface area contributed by atoms with E-state index in [1.54, 1.807) is 49.4 Å². The number of ether oxygens (including phenoxy) is 2. The van der Waals surface area contributed by atoms with Gasteiger partial charge in [-0.3, -0.25) is 13.9 Å². The summed E-state index contributed by atoms with van der Waals surface area (Å²) in [4.78, 5) is 28.9. The molecule has 3 rings (SSSR count). The van der Waals surface area contributed by atoms with Crippen LogP contribution in [0.5, 0.6) is 11.5 Å². The van der Waals surface area contributed by atoms with E-state index in [0.29, 0.717) is 21.4 Å². The summed E-state index contributed by atoms with van der Waals surface area (Å²) in [5.74, 6) is -0.479. The molecule has 1 N–H and O–H groups in total. The molecule has 0 fully saturated rings. The standard InChI is InChI=1S/C31H37Cl2N3O6S/c1-7-27(31(38)34-20(2)3)35(18-24-25(32)9-8-10-26(24)33)30(37)19-36(28-17-22(41-5)13-16-29(28)42-6)43(39,40)23-14-11-21(4)12-15-23/h8-17,20,27H,7,18-19H2,1-6H3,(H,34,38)/t27-/m1/s1. The molecule has 0 radical (unpaired) electrons. The van der Waals surface area contributed by atoms with Crippen molar-refractivity contribution < 1.29 is 27.5 Å². The van der Waals surface area contributed by atoms with Crippen molar-refractivity contribution >= 4 is 50.7 Å². The Morgan fingerprint density at radius 1 is 0.953 bits per heavy atom. The molecule has 0 aliphatic heterocycles. The van der Waals surface area contributed by atoms with Crippen LogP contribution in [0.3, 0.4) is 0 Å². The first-order valence-electron chi connectivity index (χ1n) is 13.7. The summed E-state index contributed by atoms with van der Waals surface area (Å²) in [7, 11) is -1.47. The number of sulfonamides is 1. The Hall–Kier alpha value is -3.47. The number of hydrogen-bond acceptors (Lipinski definition) is 6. The average Bonchev–Trinajstić information content (AvgIpc) is 2.96. The van der Waals surface area contributed by atoms with Gasteiger partial charge in [0.05, 0.1) is 24.8 Å². The fourth-order valence-electron chi connectivity index (χ4n) is 4.50. The Morgan fingerprint density at radius 2 is 1.58 bits per heavy atom. The summed E-state index contributed by atoms with van der Waals surface area (Å²) in [6.07, 6.45) is 0.250. The molecule has 1 atom stereocenters. The second-order valence-electron chi connectivity index (χ2n) is 10.2. The smallest absolute Gasteiger partial charge is 0.264 e. The van der Waals surface area contributed by atoms with Gasteiger partial charge in [0.2, 0.25) is 11.8 Å². The summed E-state index contributed by atoms with van der Waals surface area (Å²) in [5, 5.41) is 3.47. The molecule has 0 saturated carbocycles. The predicted octanol–water partition coefficient (Wildman–Crippen LogP) is 5.85. The normalized spacial score (nSPS) is 12.0. The maximum Gasteiger partial charge on any atom is 0.264 e. The first-order valence-corrected chi connectivity index (χ1v) is 15.9. The molecule has 0 unspecified atom stereocenters. The van der Waals surface area contributed by atoms with Gasteiger partial charge in [0, 0.05) is 34.3 Å². The summed E-state index contributed by atoms with van der Waals surface area (Å²) in [5.41, 5.74) is 1.39. The Labute approximate surface area is 263 Å². The first kappa shape index (κ1) is 34.0. The Kier molecular flexibility index (Phi) is 11.7. The molecule has 3 aromatic carbocycles. The minimum Gasteiger partial charge on any atom is -0.497 e. The summed E-state index contributed by atoms with van der Waals surface area (Å²) in [6.45, 7) is 6.44. The van der Waals surface area contributed by atoms with Crippen LogP contribution in [-0.2, 0) is 26.2 Å². The second kappa shape index (κ2) is 14.8. The third kappa shape index (κ3) is 8.13. The number of aryl methyl sites for hydroxylation is 1. The molecule has 0 saturated heterocycles. The van der Waals surface area contributed by atoms with Gasteiger partial charge in [-0.25, -0.2) is 8.42 Å². The van der Waals surface area contributed by atoms with Crippen LogP contribution >= 0.6 is 23.2 Å². The van der Waals surface area contributed by atoms with Crippen LogP contribution in [0.15, 0.2) is 65.6 Å². The SMILES string of the molecule is CC[C@H](C(=O)NC(C)C)N(Cc1c(Cl)cccc1Cl)C(=O)CN(c1cc(OC)ccc1OC)S(=O)(=O)c1ccc(C)cc1. The molecule has 12 heteroatoms. The van der Waals surface area contributed by atoms with E-state index in [0.717, 1.165) is 9.87 Å². The monoisotopic (exact) mass is 649 g/mol. The van der Waals surface area contributed by atoms with Gasteiger partial charge >= 0.3 is 0 Å². The van der Waals surface area contributed by atoms with E-state index in [4.69, 9.17) is 32.7 Å². The number of halogens is 2. The van der Waals surface area contributed by atoms with Crippen molar-refractivity contribution in [1.82, 2.24) is 10.2 Å². The van der Waals surface area contributed by atoms with E-state index in [9.17, 15) is 18.0 Å². The number of carbonyl (C=O) groups is 2. The average molecular weight is 651 g/mol. The molecular weight excluding hydrogens is 613 g/mol. The van der Waals surface area contributed by atoms with Crippen molar-refractivity contribution in [2.45, 2.75) is 57.6 Å². The number of amides is 2. The number of carbonyl (C=O) groups excluding carboxylic acids is 2. The third-order valence-corrected chi connectivity index (χ3v) is 9.23. The van der Waals surface area contributed by atoms with Crippen molar-refractivity contribution in [2.75, 3.05) is 25.1 Å². The van der Waals surface area contributed by atoms with Crippen LogP contribution in [0.2, 0.25) is 10.0 Å². The minimum absolute atomic E-state index is 0.0268. The predicted molar refractivity (Wildman–Crippen MR) is 170 cm³/mol. The van der Waals surface area contributed by atoms with Crippen LogP contribution in [0.1, 0.15) is 38.3 Å². The van der Waals surface area contributed by atoms with Crippen LogP contribution in [0, 0.1) is 6.92 Å². The highest BCUT2D eigenvalue weighted by Gasteiger charge is 2.35. The van der Waals surface area contributed by atoms with Crippen molar-refractivity contribution in [3.05, 3.63) is 81.8 Å². The lowest BCUT2D eigenvalue weighted by molar-refractivity contribution is -0.140. The van der Waals surface area contributed by atoms with Crippen molar-refractivity contribution in [3.63, 3.8) is 0 Å². The molecule has 9 nitrogen and oxygen atoms in total. The molecule has 43 heavy (non-hydrogen) atoms. The third-order valence-electron chi connectivity index (χ3n) is 6.75. The van der Waals surface area contributed by atoms with Gasteiger partial charge in [0.15, 0.2) is 0 Å². The minimum atomic E-state index is -4.32. The largest absolute Gasteiger partial charge is 0.497 e. The Morgan fingerprint density at radius 3 is 2.12 bits per heavy atom. The fourth-order valence-corrected chi connectivity index (χ4v) is 6.43. The van der Waals surface area contributed by atoms with Gasteiger partial charge in [-0.05, 0) is 63.6 Å². The molecular formula is C31H37Cl2N3O6S. The molecule has 2 amide bonds. The number of methoxy groups -OCH3 is 2.